The van der Waals surface area contributed by atoms with Crippen LogP contribution in [0.3, 0.4) is 0 Å². The minimum absolute atomic E-state index is 0.209. The Kier molecular flexibility index (Phi) is 12.0. The molecule has 0 aliphatic rings. The molecule has 0 aliphatic carbocycles. The van der Waals surface area contributed by atoms with Gasteiger partial charge < -0.3 is 10.1 Å². The van der Waals surface area contributed by atoms with Crippen molar-refractivity contribution in [2.24, 2.45) is 15.4 Å². The van der Waals surface area contributed by atoms with Crippen molar-refractivity contribution in [2.75, 3.05) is 13.7 Å². The van der Waals surface area contributed by atoms with Crippen LogP contribution in [0, 0.1) is 13.8 Å². The van der Waals surface area contributed by atoms with E-state index in [4.69, 9.17) is 5.11 Å². The van der Waals surface area contributed by atoms with E-state index >= 15 is 0 Å². The second-order valence-corrected chi connectivity index (χ2v) is 9.78. The Balaban J connectivity index is 0.000000230. The maximum absolute atomic E-state index is 8.83. The molecular weight excluding hydrogens is 498 g/mol. The SMILES string of the molecule is CCCc1nc2nc(CCCO)cc(C)c2[nH]1.CCc1ccc(-c2c(C)cccc2/C=N/NN=NC)cc1CC. The van der Waals surface area contributed by atoms with Gasteiger partial charge in [-0.1, -0.05) is 62.4 Å². The summed E-state index contributed by atoms with van der Waals surface area (Å²) >= 11 is 0. The van der Waals surface area contributed by atoms with Crippen LogP contribution in [0.1, 0.15) is 72.9 Å². The van der Waals surface area contributed by atoms with E-state index < -0.39 is 0 Å². The average molecular weight is 542 g/mol. The largest absolute Gasteiger partial charge is 0.396 e. The van der Waals surface area contributed by atoms with Crippen LogP contribution in [-0.4, -0.2) is 39.9 Å². The van der Waals surface area contributed by atoms with E-state index in [0.29, 0.717) is 0 Å². The topological polar surface area (TPSA) is 111 Å². The van der Waals surface area contributed by atoms with Crippen LogP contribution in [0.5, 0.6) is 0 Å². The van der Waals surface area contributed by atoms with E-state index in [0.717, 1.165) is 66.8 Å². The van der Waals surface area contributed by atoms with Gasteiger partial charge in [-0.05, 0) is 85.4 Å². The molecule has 0 saturated carbocycles. The molecule has 0 spiro atoms. The molecule has 0 atom stereocenters. The Hall–Kier alpha value is -3.91. The number of benzene rings is 2. The lowest BCUT2D eigenvalue weighted by atomic mass is 9.91. The summed E-state index contributed by atoms with van der Waals surface area (Å²) in [5.74, 6) is 1.01. The molecule has 2 aromatic carbocycles. The van der Waals surface area contributed by atoms with Gasteiger partial charge in [0.2, 0.25) is 0 Å². The number of nitrogens with one attached hydrogen (secondary N) is 2. The van der Waals surface area contributed by atoms with Crippen LogP contribution in [0.15, 0.2) is 57.9 Å². The van der Waals surface area contributed by atoms with Crippen LogP contribution in [-0.2, 0) is 25.7 Å². The maximum atomic E-state index is 8.83. The number of fused-ring (bicyclic) bond motifs is 1. The number of imidazole rings is 1. The predicted molar refractivity (Wildman–Crippen MR) is 165 cm³/mol. The van der Waals surface area contributed by atoms with E-state index in [-0.39, 0.29) is 6.61 Å². The van der Waals surface area contributed by atoms with Crippen molar-refractivity contribution in [3.8, 4) is 11.1 Å². The Morgan fingerprint density at radius 2 is 1.75 bits per heavy atom. The molecule has 4 rings (SSSR count). The third-order valence-electron chi connectivity index (χ3n) is 6.81. The third-order valence-corrected chi connectivity index (χ3v) is 6.81. The molecule has 0 amide bonds. The summed E-state index contributed by atoms with van der Waals surface area (Å²) in [6, 6.07) is 15.1. The van der Waals surface area contributed by atoms with Gasteiger partial charge in [-0.3, -0.25) is 0 Å². The van der Waals surface area contributed by atoms with E-state index in [1.165, 1.54) is 33.4 Å². The van der Waals surface area contributed by atoms with Gasteiger partial charge in [-0.25, -0.2) is 9.97 Å². The van der Waals surface area contributed by atoms with E-state index in [2.05, 4.69) is 107 Å². The number of aromatic amines is 1. The van der Waals surface area contributed by atoms with Crippen LogP contribution < -0.4 is 5.53 Å². The molecular formula is C32H43N7O. The van der Waals surface area contributed by atoms with Gasteiger partial charge in [0.1, 0.15) is 5.82 Å². The van der Waals surface area contributed by atoms with Gasteiger partial charge in [0.25, 0.3) is 0 Å². The van der Waals surface area contributed by atoms with Crippen molar-refractivity contribution < 1.29 is 5.11 Å². The number of hydrogen-bond donors (Lipinski definition) is 3. The summed E-state index contributed by atoms with van der Waals surface area (Å²) in [7, 11) is 1.60. The standard InChI is InChI=1S/C19H24N4.C13H19N3O/c1-5-15-10-11-17(12-16(15)6-2)19-14(3)8-7-9-18(19)13-21-23-22-20-4;1-3-5-11-15-12-9(2)8-10(6-4-7-17)14-13(12)16-11/h7-13H,5-6H2,1-4H3,(H,20,23);8,17H,3-7H2,1-2H3,(H,14,15,16)/b21-13+;. The van der Waals surface area contributed by atoms with Crippen molar-refractivity contribution in [1.29, 1.82) is 0 Å². The third kappa shape index (κ3) is 8.05. The average Bonchev–Trinajstić information content (AvgIpc) is 3.37. The fourth-order valence-electron chi connectivity index (χ4n) is 4.82. The van der Waals surface area contributed by atoms with E-state index in [1.807, 2.05) is 6.07 Å². The molecule has 0 fully saturated rings. The first-order chi connectivity index (χ1) is 19.4. The number of nitrogens with zero attached hydrogens (tertiary/aromatic N) is 5. The second-order valence-electron chi connectivity index (χ2n) is 9.78. The van der Waals surface area contributed by atoms with Crippen molar-refractivity contribution in [2.45, 2.75) is 73.1 Å². The minimum Gasteiger partial charge on any atom is -0.396 e. The lowest BCUT2D eigenvalue weighted by Crippen LogP contribution is -1.98. The lowest BCUT2D eigenvalue weighted by Gasteiger charge is -2.13. The number of aliphatic hydroxyl groups is 1. The summed E-state index contributed by atoms with van der Waals surface area (Å²) in [5.41, 5.74) is 14.2. The molecule has 2 aromatic heterocycles. The summed E-state index contributed by atoms with van der Waals surface area (Å²) < 4.78 is 0. The quantitative estimate of drug-likeness (QED) is 0.109. The predicted octanol–water partition coefficient (Wildman–Crippen LogP) is 6.85. The zero-order valence-corrected chi connectivity index (χ0v) is 24.8. The van der Waals surface area contributed by atoms with Gasteiger partial charge in [0.15, 0.2) is 5.65 Å². The summed E-state index contributed by atoms with van der Waals surface area (Å²) in [6.45, 7) is 11.0. The zero-order valence-electron chi connectivity index (χ0n) is 24.8. The number of hydrogen-bond acceptors (Lipinski definition) is 6. The van der Waals surface area contributed by atoms with Crippen molar-refractivity contribution >= 4 is 17.4 Å². The zero-order chi connectivity index (χ0) is 28.9. The molecule has 0 saturated heterocycles. The van der Waals surface area contributed by atoms with Crippen LogP contribution in [0.2, 0.25) is 0 Å². The second kappa shape index (κ2) is 15.6. The molecule has 0 bridgehead atoms. The highest BCUT2D eigenvalue weighted by atomic mass is 16.2. The Morgan fingerprint density at radius 1 is 0.950 bits per heavy atom. The highest BCUT2D eigenvalue weighted by Crippen LogP contribution is 2.29. The Bertz CT molecular complexity index is 1440. The summed E-state index contributed by atoms with van der Waals surface area (Å²) in [4.78, 5) is 12.4. The summed E-state index contributed by atoms with van der Waals surface area (Å²) in [5, 5.41) is 20.2. The van der Waals surface area contributed by atoms with Crippen molar-refractivity contribution in [1.82, 2.24) is 20.5 Å². The van der Waals surface area contributed by atoms with Gasteiger partial charge in [0.05, 0.1) is 18.8 Å². The molecule has 0 unspecified atom stereocenters. The monoisotopic (exact) mass is 541 g/mol. The van der Waals surface area contributed by atoms with E-state index in [9.17, 15) is 0 Å². The number of aliphatic hydroxyl groups excluding tert-OH is 1. The van der Waals surface area contributed by atoms with Gasteiger partial charge in [-0.15, -0.1) is 0 Å². The number of H-pyrrole nitrogens is 1. The van der Waals surface area contributed by atoms with Crippen LogP contribution in [0.4, 0.5) is 0 Å². The first-order valence-corrected chi connectivity index (χ1v) is 14.2. The van der Waals surface area contributed by atoms with Gasteiger partial charge in [-0.2, -0.15) is 15.8 Å². The molecule has 8 heteroatoms. The number of rotatable bonds is 11. The Labute approximate surface area is 238 Å². The molecule has 4 aromatic rings. The minimum atomic E-state index is 0.209. The molecule has 0 radical (unpaired) electrons. The molecule has 2 heterocycles. The fourth-order valence-corrected chi connectivity index (χ4v) is 4.82. The highest BCUT2D eigenvalue weighted by Gasteiger charge is 2.10. The molecule has 3 N–H and O–H groups in total. The first-order valence-electron chi connectivity index (χ1n) is 14.2. The van der Waals surface area contributed by atoms with Gasteiger partial charge in [0, 0.05) is 24.3 Å². The number of aromatic nitrogens is 3. The summed E-state index contributed by atoms with van der Waals surface area (Å²) in [6.07, 6.45) is 7.50. The van der Waals surface area contributed by atoms with Crippen molar-refractivity contribution in [3.05, 3.63) is 81.8 Å². The number of aryl methyl sites for hydroxylation is 6. The van der Waals surface area contributed by atoms with Gasteiger partial charge >= 0.3 is 0 Å². The fraction of sp³-hybridized carbons (Fsp3) is 0.406. The number of pyridine rings is 1. The lowest BCUT2D eigenvalue weighted by molar-refractivity contribution is 0.288. The normalized spacial score (nSPS) is 11.4. The smallest absolute Gasteiger partial charge is 0.178 e. The van der Waals surface area contributed by atoms with E-state index in [1.54, 1.807) is 13.3 Å². The first kappa shape index (κ1) is 30.6. The van der Waals surface area contributed by atoms with Crippen LogP contribution in [0.25, 0.3) is 22.3 Å². The Morgan fingerprint density at radius 3 is 2.45 bits per heavy atom. The highest BCUT2D eigenvalue weighted by molar-refractivity contribution is 5.91. The van der Waals surface area contributed by atoms with Crippen molar-refractivity contribution in [3.63, 3.8) is 0 Å². The molecule has 212 valence electrons. The molecule has 0 aliphatic heterocycles. The maximum Gasteiger partial charge on any atom is 0.178 e. The van der Waals surface area contributed by atoms with Crippen LogP contribution >= 0.6 is 0 Å². The molecule has 8 nitrogen and oxygen atoms in total. The number of hydrazone groups is 1. The molecule has 40 heavy (non-hydrogen) atoms.